The van der Waals surface area contributed by atoms with Gasteiger partial charge in [0.05, 0.1) is 18.3 Å². The van der Waals surface area contributed by atoms with Crippen LogP contribution in [0.15, 0.2) is 53.8 Å². The van der Waals surface area contributed by atoms with Crippen molar-refractivity contribution in [3.05, 3.63) is 65.1 Å². The summed E-state index contributed by atoms with van der Waals surface area (Å²) in [5.41, 5.74) is 0.980. The van der Waals surface area contributed by atoms with Crippen molar-refractivity contribution >= 4 is 18.0 Å². The quantitative estimate of drug-likeness (QED) is 0.488. The second kappa shape index (κ2) is 6.39. The second-order valence-electron chi connectivity index (χ2n) is 4.74. The molecular weight excluding hydrogens is 285 g/mol. The van der Waals surface area contributed by atoms with Gasteiger partial charge in [0, 0.05) is 17.8 Å². The molecule has 2 rings (SSSR count). The minimum atomic E-state index is -0.625. The Morgan fingerprint density at radius 1 is 1.41 bits per heavy atom. The lowest BCUT2D eigenvalue weighted by molar-refractivity contribution is -0.136. The average molecular weight is 301 g/mol. The summed E-state index contributed by atoms with van der Waals surface area (Å²) < 4.78 is 18.5. The van der Waals surface area contributed by atoms with Crippen LogP contribution < -0.4 is 0 Å². The van der Waals surface area contributed by atoms with Crippen LogP contribution >= 0.6 is 0 Å². The summed E-state index contributed by atoms with van der Waals surface area (Å²) in [6.07, 6.45) is 2.93. The van der Waals surface area contributed by atoms with E-state index in [4.69, 9.17) is 4.74 Å². The maximum Gasteiger partial charge on any atom is 0.340 e. The summed E-state index contributed by atoms with van der Waals surface area (Å²) in [6, 6.07) is 6.04. The first kappa shape index (κ1) is 15.7. The lowest BCUT2D eigenvalue weighted by atomic mass is 10.0. The smallest absolute Gasteiger partial charge is 0.340 e. The summed E-state index contributed by atoms with van der Waals surface area (Å²) in [7, 11) is 1.24. The van der Waals surface area contributed by atoms with E-state index in [1.165, 1.54) is 30.2 Å². The Morgan fingerprint density at radius 3 is 2.68 bits per heavy atom. The van der Waals surface area contributed by atoms with Crippen LogP contribution in [0.1, 0.15) is 12.5 Å². The molecule has 0 atom stereocenters. The molecule has 0 radical (unpaired) electrons. The fourth-order valence-corrected chi connectivity index (χ4v) is 2.32. The van der Waals surface area contributed by atoms with Gasteiger partial charge < -0.3 is 9.64 Å². The highest BCUT2D eigenvalue weighted by Gasteiger charge is 2.36. The van der Waals surface area contributed by atoms with Crippen molar-refractivity contribution in [3.63, 3.8) is 0 Å². The summed E-state index contributed by atoms with van der Waals surface area (Å²) in [4.78, 5) is 25.9. The molecule has 1 aliphatic rings. The Hall–Kier alpha value is -2.69. The molecule has 1 aromatic carbocycles. The number of hydrogen-bond acceptors (Lipinski definition) is 3. The lowest BCUT2D eigenvalue weighted by Crippen LogP contribution is -2.25. The van der Waals surface area contributed by atoms with Crippen LogP contribution in [-0.4, -0.2) is 30.4 Å². The largest absolute Gasteiger partial charge is 0.465 e. The maximum atomic E-state index is 13.8. The molecule has 0 spiro atoms. The molecule has 1 aromatic rings. The molecule has 4 nitrogen and oxygen atoms in total. The minimum Gasteiger partial charge on any atom is -0.465 e. The molecule has 0 fully saturated rings. The number of halogens is 1. The number of hydrogen-bond donors (Lipinski definition) is 0. The minimum absolute atomic E-state index is 0.122. The van der Waals surface area contributed by atoms with Crippen molar-refractivity contribution in [3.8, 4) is 0 Å². The van der Waals surface area contributed by atoms with Gasteiger partial charge in [0.1, 0.15) is 5.82 Å². The molecule has 0 N–H and O–H groups in total. The highest BCUT2D eigenvalue weighted by atomic mass is 19.1. The molecule has 0 saturated heterocycles. The van der Waals surface area contributed by atoms with Crippen LogP contribution in [0.25, 0.3) is 6.08 Å². The number of rotatable bonds is 4. The van der Waals surface area contributed by atoms with Gasteiger partial charge in [-0.25, -0.2) is 9.18 Å². The number of esters is 1. The monoisotopic (exact) mass is 301 g/mol. The molecule has 1 amide bonds. The van der Waals surface area contributed by atoms with Crippen molar-refractivity contribution in [2.24, 2.45) is 0 Å². The Morgan fingerprint density at radius 2 is 2.09 bits per heavy atom. The van der Waals surface area contributed by atoms with Crippen LogP contribution in [0.2, 0.25) is 0 Å². The van der Waals surface area contributed by atoms with Crippen molar-refractivity contribution < 1.29 is 18.7 Å². The van der Waals surface area contributed by atoms with E-state index in [9.17, 15) is 14.0 Å². The number of ether oxygens (including phenoxy) is 1. The van der Waals surface area contributed by atoms with Gasteiger partial charge in [-0.15, -0.1) is 6.58 Å². The van der Waals surface area contributed by atoms with E-state index in [0.29, 0.717) is 5.70 Å². The topological polar surface area (TPSA) is 46.6 Å². The predicted octanol–water partition coefficient (Wildman–Crippen LogP) is 2.68. The number of nitrogens with zero attached hydrogens (tertiary/aromatic N) is 1. The van der Waals surface area contributed by atoms with Crippen LogP contribution in [-0.2, 0) is 14.3 Å². The summed E-state index contributed by atoms with van der Waals surface area (Å²) >= 11 is 0. The second-order valence-corrected chi connectivity index (χ2v) is 4.74. The van der Waals surface area contributed by atoms with Gasteiger partial charge in [-0.2, -0.15) is 0 Å². The number of methoxy groups -OCH3 is 1. The van der Waals surface area contributed by atoms with Crippen LogP contribution in [0.5, 0.6) is 0 Å². The van der Waals surface area contributed by atoms with Gasteiger partial charge in [-0.1, -0.05) is 24.3 Å². The van der Waals surface area contributed by atoms with E-state index in [0.717, 1.165) is 0 Å². The number of carbonyl (C=O) groups excluding carboxylic acids is 2. The Kier molecular flexibility index (Phi) is 4.56. The zero-order valence-electron chi connectivity index (χ0n) is 12.4. The average Bonchev–Trinajstić information content (AvgIpc) is 2.74. The van der Waals surface area contributed by atoms with Crippen molar-refractivity contribution in [1.82, 2.24) is 4.90 Å². The van der Waals surface area contributed by atoms with Crippen molar-refractivity contribution in [2.45, 2.75) is 6.92 Å². The molecular formula is C17H16FNO3. The van der Waals surface area contributed by atoms with Crippen LogP contribution in [0.4, 0.5) is 4.39 Å². The number of carbonyl (C=O) groups is 2. The van der Waals surface area contributed by atoms with Gasteiger partial charge in [0.25, 0.3) is 5.91 Å². The normalized spacial score (nSPS) is 16.4. The van der Waals surface area contributed by atoms with E-state index in [1.807, 2.05) is 0 Å². The molecule has 22 heavy (non-hydrogen) atoms. The van der Waals surface area contributed by atoms with Crippen LogP contribution in [0, 0.1) is 5.82 Å². The third-order valence-corrected chi connectivity index (χ3v) is 3.42. The SMILES string of the molecule is C=CCN1C(=O)/C(=C/c2ccccc2F)C(C(=O)OC)=C1C. The molecule has 0 saturated carbocycles. The van der Waals surface area contributed by atoms with Gasteiger partial charge in [-0.05, 0) is 19.1 Å². The standard InChI is InChI=1S/C17H16FNO3/c1-4-9-19-11(2)15(17(21)22-3)13(16(19)20)10-12-7-5-6-8-14(12)18/h4-8,10H,1,9H2,2-3H3/b13-10+. The molecule has 0 aliphatic carbocycles. The van der Waals surface area contributed by atoms with Gasteiger partial charge in [0.2, 0.25) is 0 Å². The highest BCUT2D eigenvalue weighted by molar-refractivity contribution is 6.16. The zero-order valence-corrected chi connectivity index (χ0v) is 12.4. The summed E-state index contributed by atoms with van der Waals surface area (Å²) in [5.74, 6) is -1.46. The highest BCUT2D eigenvalue weighted by Crippen LogP contribution is 2.31. The Labute approximate surface area is 128 Å². The molecule has 0 bridgehead atoms. The van der Waals surface area contributed by atoms with Gasteiger partial charge >= 0.3 is 5.97 Å². The van der Waals surface area contributed by atoms with Crippen LogP contribution in [0.3, 0.4) is 0 Å². The molecule has 0 aromatic heterocycles. The van der Waals surface area contributed by atoms with E-state index in [1.54, 1.807) is 25.1 Å². The number of amides is 1. The molecule has 0 unspecified atom stereocenters. The molecule has 5 heteroatoms. The van der Waals surface area contributed by atoms with Crippen molar-refractivity contribution in [2.75, 3.05) is 13.7 Å². The molecule has 1 aliphatic heterocycles. The fraction of sp³-hybridized carbons (Fsp3) is 0.176. The number of allylic oxidation sites excluding steroid dienone is 1. The third kappa shape index (κ3) is 2.70. The maximum absolute atomic E-state index is 13.8. The first-order valence-electron chi connectivity index (χ1n) is 6.69. The third-order valence-electron chi connectivity index (χ3n) is 3.42. The van der Waals surface area contributed by atoms with Crippen molar-refractivity contribution in [1.29, 1.82) is 0 Å². The van der Waals surface area contributed by atoms with Gasteiger partial charge in [0.15, 0.2) is 0 Å². The van der Waals surface area contributed by atoms with E-state index < -0.39 is 11.8 Å². The Bertz CT molecular complexity index is 704. The first-order chi connectivity index (χ1) is 10.5. The van der Waals surface area contributed by atoms with E-state index in [2.05, 4.69) is 6.58 Å². The van der Waals surface area contributed by atoms with Gasteiger partial charge in [-0.3, -0.25) is 4.79 Å². The Balaban J connectivity index is 2.58. The molecule has 114 valence electrons. The summed E-state index contributed by atoms with van der Waals surface area (Å²) in [6.45, 7) is 5.51. The number of benzene rings is 1. The van der Waals surface area contributed by atoms with E-state index in [-0.39, 0.29) is 29.2 Å². The summed E-state index contributed by atoms with van der Waals surface area (Å²) in [5, 5.41) is 0. The first-order valence-corrected chi connectivity index (χ1v) is 6.69. The van der Waals surface area contributed by atoms with E-state index >= 15 is 0 Å². The lowest BCUT2D eigenvalue weighted by Gasteiger charge is -2.14. The zero-order chi connectivity index (χ0) is 16.3. The predicted molar refractivity (Wildman–Crippen MR) is 81.0 cm³/mol. The fourth-order valence-electron chi connectivity index (χ4n) is 2.32. The molecule has 1 heterocycles.